The zero-order chi connectivity index (χ0) is 24.0. The number of esters is 1. The number of carbonyl (C=O) groups is 2. The maximum atomic E-state index is 13.2. The number of thioether (sulfide) groups is 1. The number of aromatic nitrogens is 2. The van der Waals surface area contributed by atoms with Crippen molar-refractivity contribution >= 4 is 34.5 Å². The molecule has 0 spiro atoms. The molecule has 1 aromatic carbocycles. The first-order valence-corrected chi connectivity index (χ1v) is 12.4. The van der Waals surface area contributed by atoms with E-state index in [1.54, 1.807) is 22.8 Å². The Morgan fingerprint density at radius 2 is 2.03 bits per heavy atom. The van der Waals surface area contributed by atoms with Gasteiger partial charge in [0.2, 0.25) is 5.91 Å². The second-order valence-electron chi connectivity index (χ2n) is 8.84. The highest BCUT2D eigenvalue weighted by atomic mass is 32.2. The minimum absolute atomic E-state index is 0.0786. The van der Waals surface area contributed by atoms with Crippen molar-refractivity contribution in [2.24, 2.45) is 5.92 Å². The molecule has 7 nitrogen and oxygen atoms in total. The number of rotatable bonds is 9. The third kappa shape index (κ3) is 6.47. The first-order valence-electron chi connectivity index (χ1n) is 11.5. The van der Waals surface area contributed by atoms with Crippen molar-refractivity contribution < 1.29 is 14.3 Å². The van der Waals surface area contributed by atoms with Gasteiger partial charge in [0, 0.05) is 13.1 Å². The Morgan fingerprint density at radius 1 is 1.24 bits per heavy atom. The lowest BCUT2D eigenvalue weighted by atomic mass is 9.97. The predicted molar refractivity (Wildman–Crippen MR) is 132 cm³/mol. The Kier molecular flexibility index (Phi) is 8.72. The average molecular weight is 472 g/mol. The Morgan fingerprint density at radius 3 is 2.70 bits per heavy atom. The van der Waals surface area contributed by atoms with Crippen LogP contribution in [-0.2, 0) is 16.1 Å². The lowest BCUT2D eigenvalue weighted by molar-refractivity contribution is -0.120. The van der Waals surface area contributed by atoms with Gasteiger partial charge in [-0.1, -0.05) is 37.3 Å². The van der Waals surface area contributed by atoms with Crippen LogP contribution in [0.2, 0.25) is 0 Å². The fraction of sp³-hybridized carbons (Fsp3) is 0.520. The summed E-state index contributed by atoms with van der Waals surface area (Å²) < 4.78 is 6.42. The molecule has 178 valence electrons. The molecule has 3 rings (SSSR count). The van der Waals surface area contributed by atoms with Crippen molar-refractivity contribution in [3.8, 4) is 0 Å². The number of allylic oxidation sites excluding steroid dienone is 1. The molecule has 1 aliphatic carbocycles. The molecule has 0 bridgehead atoms. The number of nitrogens with one attached hydrogen (secondary N) is 1. The Balaban J connectivity index is 1.81. The van der Waals surface area contributed by atoms with Gasteiger partial charge in [0.15, 0.2) is 5.16 Å². The van der Waals surface area contributed by atoms with E-state index in [-0.39, 0.29) is 17.4 Å². The van der Waals surface area contributed by atoms with Crippen LogP contribution in [0.15, 0.2) is 39.8 Å². The average Bonchev–Trinajstić information content (AvgIpc) is 2.81. The highest BCUT2D eigenvalue weighted by Crippen LogP contribution is 2.24. The second-order valence-corrected chi connectivity index (χ2v) is 10.1. The van der Waals surface area contributed by atoms with Crippen molar-refractivity contribution in [1.82, 2.24) is 14.9 Å². The molecular formula is C25H33N3O4S. The predicted octanol–water partition coefficient (Wildman–Crippen LogP) is 4.33. The Hall–Kier alpha value is -2.61. The first kappa shape index (κ1) is 25.0. The zero-order valence-electron chi connectivity index (χ0n) is 19.8. The highest BCUT2D eigenvalue weighted by molar-refractivity contribution is 8.00. The second kappa shape index (κ2) is 11.5. The number of methoxy groups -OCH3 is 1. The number of hydrogen-bond donors (Lipinski definition) is 1. The molecule has 2 aromatic rings. The molecule has 1 amide bonds. The minimum atomic E-state index is -0.486. The molecule has 1 unspecified atom stereocenters. The molecule has 0 saturated carbocycles. The molecule has 33 heavy (non-hydrogen) atoms. The van der Waals surface area contributed by atoms with Crippen LogP contribution in [-0.4, -0.2) is 40.3 Å². The van der Waals surface area contributed by atoms with Gasteiger partial charge in [-0.25, -0.2) is 9.78 Å². The normalized spacial score (nSPS) is 14.8. The Labute approximate surface area is 199 Å². The molecule has 0 radical (unpaired) electrons. The van der Waals surface area contributed by atoms with Gasteiger partial charge in [-0.05, 0) is 63.1 Å². The monoisotopic (exact) mass is 471 g/mol. The van der Waals surface area contributed by atoms with E-state index >= 15 is 0 Å². The van der Waals surface area contributed by atoms with Crippen LogP contribution in [0.4, 0.5) is 0 Å². The zero-order valence-corrected chi connectivity index (χ0v) is 20.7. The van der Waals surface area contributed by atoms with Crippen molar-refractivity contribution in [1.29, 1.82) is 0 Å². The molecule has 1 heterocycles. The number of ether oxygens (including phenoxy) is 1. The van der Waals surface area contributed by atoms with Crippen molar-refractivity contribution in [3.63, 3.8) is 0 Å². The van der Waals surface area contributed by atoms with E-state index in [0.29, 0.717) is 34.7 Å². The number of benzene rings is 1. The summed E-state index contributed by atoms with van der Waals surface area (Å²) in [6.45, 7) is 6.98. The molecule has 1 N–H and O–H groups in total. The lowest BCUT2D eigenvalue weighted by Gasteiger charge is -2.18. The van der Waals surface area contributed by atoms with Gasteiger partial charge < -0.3 is 10.1 Å². The molecule has 0 fully saturated rings. The van der Waals surface area contributed by atoms with Crippen LogP contribution >= 0.6 is 11.8 Å². The minimum Gasteiger partial charge on any atom is -0.465 e. The summed E-state index contributed by atoms with van der Waals surface area (Å²) in [5, 5.41) is 3.51. The number of amides is 1. The van der Waals surface area contributed by atoms with Gasteiger partial charge in [0.05, 0.1) is 28.8 Å². The SMILES string of the molecule is COC(=O)c1ccc2c(=O)n(CC(C)C)c(SC(C)C(=O)NCCC3=CCCCC3)nc2c1. The molecule has 1 aromatic heterocycles. The topological polar surface area (TPSA) is 90.3 Å². The molecule has 1 atom stereocenters. The summed E-state index contributed by atoms with van der Waals surface area (Å²) in [5.74, 6) is -0.339. The summed E-state index contributed by atoms with van der Waals surface area (Å²) in [6, 6.07) is 4.74. The fourth-order valence-electron chi connectivity index (χ4n) is 3.89. The molecule has 1 aliphatic rings. The largest absolute Gasteiger partial charge is 0.465 e. The van der Waals surface area contributed by atoms with E-state index in [0.717, 1.165) is 19.3 Å². The maximum absolute atomic E-state index is 13.2. The quantitative estimate of drug-likeness (QED) is 0.253. The third-order valence-corrected chi connectivity index (χ3v) is 6.76. The summed E-state index contributed by atoms with van der Waals surface area (Å²) in [4.78, 5) is 42.5. The van der Waals surface area contributed by atoms with Gasteiger partial charge in [-0.3, -0.25) is 14.2 Å². The highest BCUT2D eigenvalue weighted by Gasteiger charge is 2.20. The van der Waals surface area contributed by atoms with E-state index in [9.17, 15) is 14.4 Å². The van der Waals surface area contributed by atoms with Gasteiger partial charge in [0.25, 0.3) is 5.56 Å². The van der Waals surface area contributed by atoms with Crippen LogP contribution in [0.25, 0.3) is 10.9 Å². The summed E-state index contributed by atoms with van der Waals surface area (Å²) in [7, 11) is 1.31. The van der Waals surface area contributed by atoms with Gasteiger partial charge in [0.1, 0.15) is 0 Å². The van der Waals surface area contributed by atoms with Crippen LogP contribution in [0.3, 0.4) is 0 Å². The number of carbonyl (C=O) groups excluding carboxylic acids is 2. The number of fused-ring (bicyclic) bond motifs is 1. The van der Waals surface area contributed by atoms with Crippen molar-refractivity contribution in [2.45, 2.75) is 69.8 Å². The smallest absolute Gasteiger partial charge is 0.337 e. The third-order valence-electron chi connectivity index (χ3n) is 5.67. The number of nitrogens with zero attached hydrogens (tertiary/aromatic N) is 2. The molecular weight excluding hydrogens is 438 g/mol. The standard InChI is InChI=1S/C25H33N3O4S/c1-16(2)15-28-23(30)20-11-10-19(24(31)32-4)14-21(20)27-25(28)33-17(3)22(29)26-13-12-18-8-6-5-7-9-18/h8,10-11,14,16-17H,5-7,9,12-13,15H2,1-4H3,(H,26,29). The Bertz CT molecular complexity index is 1110. The van der Waals surface area contributed by atoms with E-state index < -0.39 is 11.2 Å². The summed E-state index contributed by atoms with van der Waals surface area (Å²) >= 11 is 1.26. The van der Waals surface area contributed by atoms with Crippen LogP contribution in [0, 0.1) is 5.92 Å². The maximum Gasteiger partial charge on any atom is 0.337 e. The molecule has 0 saturated heterocycles. The van der Waals surface area contributed by atoms with Gasteiger partial charge >= 0.3 is 5.97 Å². The van der Waals surface area contributed by atoms with Crippen LogP contribution in [0.5, 0.6) is 0 Å². The first-order chi connectivity index (χ1) is 15.8. The van der Waals surface area contributed by atoms with E-state index in [1.807, 2.05) is 20.8 Å². The van der Waals surface area contributed by atoms with E-state index in [2.05, 4.69) is 16.4 Å². The van der Waals surface area contributed by atoms with Crippen LogP contribution < -0.4 is 10.9 Å². The van der Waals surface area contributed by atoms with Gasteiger partial charge in [-0.15, -0.1) is 0 Å². The van der Waals surface area contributed by atoms with Crippen LogP contribution in [0.1, 0.15) is 63.2 Å². The summed E-state index contributed by atoms with van der Waals surface area (Å²) in [5.41, 5.74) is 1.99. The lowest BCUT2D eigenvalue weighted by Crippen LogP contribution is -2.33. The van der Waals surface area contributed by atoms with Gasteiger partial charge in [-0.2, -0.15) is 0 Å². The summed E-state index contributed by atoms with van der Waals surface area (Å²) in [6.07, 6.45) is 7.91. The van der Waals surface area contributed by atoms with E-state index in [1.165, 1.54) is 37.3 Å². The molecule has 8 heteroatoms. The molecule has 0 aliphatic heterocycles. The van der Waals surface area contributed by atoms with E-state index in [4.69, 9.17) is 4.74 Å². The fourth-order valence-corrected chi connectivity index (χ4v) is 4.84. The van der Waals surface area contributed by atoms with Crippen molar-refractivity contribution in [3.05, 3.63) is 45.8 Å². The van der Waals surface area contributed by atoms with Crippen molar-refractivity contribution in [2.75, 3.05) is 13.7 Å². The number of hydrogen-bond acceptors (Lipinski definition) is 6.